The summed E-state index contributed by atoms with van der Waals surface area (Å²) in [5.41, 5.74) is 3.19. The normalized spacial score (nSPS) is 16.1. The number of fused-ring (bicyclic) bond motifs is 1. The van der Waals surface area contributed by atoms with E-state index in [9.17, 15) is 4.79 Å². The van der Waals surface area contributed by atoms with Crippen LogP contribution in [0.2, 0.25) is 10.0 Å². The summed E-state index contributed by atoms with van der Waals surface area (Å²) in [7, 11) is 2.93. The van der Waals surface area contributed by atoms with E-state index in [-0.39, 0.29) is 15.7 Å². The second kappa shape index (κ2) is 13.0. The molecule has 0 saturated carbocycles. The van der Waals surface area contributed by atoms with E-state index in [1.54, 1.807) is 5.38 Å². The molecule has 2 N–H and O–H groups in total. The van der Waals surface area contributed by atoms with Crippen LogP contribution >= 0.6 is 50.5 Å². The van der Waals surface area contributed by atoms with Crippen LogP contribution in [0.4, 0.5) is 22.9 Å². The van der Waals surface area contributed by atoms with Gasteiger partial charge >= 0.3 is 0 Å². The smallest absolute Gasteiger partial charge is 0.258 e. The van der Waals surface area contributed by atoms with Crippen molar-refractivity contribution < 1.29 is 14.3 Å². The van der Waals surface area contributed by atoms with Crippen molar-refractivity contribution in [3.05, 3.63) is 56.1 Å². The number of halogens is 3. The fourth-order valence-electron chi connectivity index (χ4n) is 5.86. The first kappa shape index (κ1) is 30.2. The largest absolute Gasteiger partial charge is 0.494 e. The van der Waals surface area contributed by atoms with E-state index >= 15 is 0 Å². The van der Waals surface area contributed by atoms with Crippen molar-refractivity contribution in [1.82, 2.24) is 14.9 Å². The van der Waals surface area contributed by atoms with Gasteiger partial charge in [-0.15, -0.1) is 11.3 Å². The van der Waals surface area contributed by atoms with Crippen molar-refractivity contribution in [3.8, 4) is 11.5 Å². The average Bonchev–Trinajstić information content (AvgIpc) is 3.72. The number of rotatable bonds is 8. The number of anilines is 4. The van der Waals surface area contributed by atoms with Crippen LogP contribution in [-0.4, -0.2) is 67.2 Å². The minimum absolute atomic E-state index is 0.143. The van der Waals surface area contributed by atoms with Crippen molar-refractivity contribution in [1.29, 1.82) is 0 Å². The number of aromatic nitrogens is 2. The van der Waals surface area contributed by atoms with E-state index in [1.165, 1.54) is 76.3 Å². The third-order valence-electron chi connectivity index (χ3n) is 8.10. The van der Waals surface area contributed by atoms with Crippen LogP contribution < -0.4 is 25.0 Å². The van der Waals surface area contributed by atoms with E-state index in [0.29, 0.717) is 32.9 Å². The van der Waals surface area contributed by atoms with Crippen LogP contribution in [0.5, 0.6) is 11.5 Å². The van der Waals surface area contributed by atoms with Crippen LogP contribution in [0.15, 0.2) is 40.4 Å². The Kier molecular flexibility index (Phi) is 9.16. The van der Waals surface area contributed by atoms with E-state index < -0.39 is 5.91 Å². The number of amides is 1. The molecule has 0 bridgehead atoms. The lowest BCUT2D eigenvalue weighted by Crippen LogP contribution is -2.43. The Hall–Kier alpha value is -2.83. The van der Waals surface area contributed by atoms with E-state index in [4.69, 9.17) is 32.7 Å². The summed E-state index contributed by atoms with van der Waals surface area (Å²) in [6, 6.07) is 9.16. The third-order valence-corrected chi connectivity index (χ3v) is 10.5. The zero-order chi connectivity index (χ0) is 30.1. The highest BCUT2D eigenvalue weighted by Gasteiger charge is 2.27. The Morgan fingerprint density at radius 3 is 2.28 bits per heavy atom. The fourth-order valence-corrected chi connectivity index (χ4v) is 8.43. The first-order valence-electron chi connectivity index (χ1n) is 14.1. The molecule has 0 atom stereocenters. The molecule has 6 rings (SSSR count). The van der Waals surface area contributed by atoms with Gasteiger partial charge in [-0.05, 0) is 79.0 Å². The van der Waals surface area contributed by atoms with Crippen LogP contribution in [0.3, 0.4) is 0 Å². The Balaban J connectivity index is 1.17. The second-order valence-electron chi connectivity index (χ2n) is 10.5. The zero-order valence-corrected chi connectivity index (χ0v) is 27.7. The van der Waals surface area contributed by atoms with Crippen LogP contribution in [0.1, 0.15) is 36.0 Å². The summed E-state index contributed by atoms with van der Waals surface area (Å²) < 4.78 is 12.0. The van der Waals surface area contributed by atoms with Crippen molar-refractivity contribution in [3.63, 3.8) is 0 Å². The number of benzene rings is 2. The SMILES string of the molecule is COc1c(Cl)c(NC(=O)c2csc3c(Nc4ccc(N5CCC(N6CCCC6)CC5)cc4)ncnc23)c(Cl)c(OC)c1Br. The van der Waals surface area contributed by atoms with Gasteiger partial charge in [0.15, 0.2) is 17.3 Å². The van der Waals surface area contributed by atoms with Gasteiger partial charge in [0.2, 0.25) is 0 Å². The fraction of sp³-hybridized carbons (Fsp3) is 0.367. The third kappa shape index (κ3) is 5.98. The summed E-state index contributed by atoms with van der Waals surface area (Å²) in [6.07, 6.45) is 6.56. The predicted molar refractivity (Wildman–Crippen MR) is 178 cm³/mol. The number of hydrogen-bond acceptors (Lipinski definition) is 9. The number of likely N-dealkylation sites (tertiary alicyclic amines) is 1. The Morgan fingerprint density at radius 1 is 1.00 bits per heavy atom. The molecule has 2 aromatic carbocycles. The van der Waals surface area contributed by atoms with E-state index in [1.807, 2.05) is 0 Å². The molecule has 0 aliphatic carbocycles. The van der Waals surface area contributed by atoms with Gasteiger partial charge < -0.3 is 29.9 Å². The Labute approximate surface area is 272 Å². The van der Waals surface area contributed by atoms with Gasteiger partial charge in [-0.3, -0.25) is 4.79 Å². The topological polar surface area (TPSA) is 91.9 Å². The molecule has 9 nitrogen and oxygen atoms in total. The molecule has 13 heteroatoms. The Morgan fingerprint density at radius 2 is 1.65 bits per heavy atom. The number of thiophene rings is 1. The molecule has 43 heavy (non-hydrogen) atoms. The zero-order valence-electron chi connectivity index (χ0n) is 23.8. The van der Waals surface area contributed by atoms with Gasteiger partial charge in [0, 0.05) is 35.9 Å². The highest BCUT2D eigenvalue weighted by molar-refractivity contribution is 9.10. The lowest BCUT2D eigenvalue weighted by Gasteiger charge is -2.37. The van der Waals surface area contributed by atoms with Gasteiger partial charge in [0.25, 0.3) is 5.91 Å². The second-order valence-corrected chi connectivity index (χ2v) is 12.9. The number of carbonyl (C=O) groups is 1. The molecular formula is C30H31BrCl2N6O3S. The first-order valence-corrected chi connectivity index (χ1v) is 16.5. The minimum atomic E-state index is -0.427. The monoisotopic (exact) mass is 704 g/mol. The van der Waals surface area contributed by atoms with Crippen molar-refractivity contribution >= 4 is 89.5 Å². The quantitative estimate of drug-likeness (QED) is 0.192. The molecule has 2 saturated heterocycles. The van der Waals surface area contributed by atoms with E-state index in [0.717, 1.165) is 29.5 Å². The van der Waals surface area contributed by atoms with Gasteiger partial charge in [-0.2, -0.15) is 0 Å². The standard InChI is InChI=1S/C30H31BrCl2N6O3S/c1-41-26-21(31)27(42-2)23(33)25(22(26)32)37-30(40)20-15-43-28-24(20)34-16-35-29(28)36-17-5-7-18(8-6-17)39-13-9-19(10-14-39)38-11-3-4-12-38/h5-8,15-16,19H,3-4,9-14H2,1-2H3,(H,37,40)(H,34,35,36). The molecule has 0 spiro atoms. The summed E-state index contributed by atoms with van der Waals surface area (Å²) >= 11 is 17.8. The van der Waals surface area contributed by atoms with Crippen molar-refractivity contribution in [2.75, 3.05) is 55.9 Å². The molecule has 2 fully saturated rings. The maximum atomic E-state index is 13.4. The lowest BCUT2D eigenvalue weighted by molar-refractivity contribution is 0.102. The average molecular weight is 706 g/mol. The maximum Gasteiger partial charge on any atom is 0.258 e. The maximum absolute atomic E-state index is 13.4. The number of nitrogens with one attached hydrogen (secondary N) is 2. The minimum Gasteiger partial charge on any atom is -0.494 e. The lowest BCUT2D eigenvalue weighted by atomic mass is 10.0. The molecule has 0 unspecified atom stereocenters. The van der Waals surface area contributed by atoms with Crippen molar-refractivity contribution in [2.24, 2.45) is 0 Å². The molecule has 2 aromatic heterocycles. The molecule has 0 radical (unpaired) electrons. The number of piperidine rings is 1. The highest BCUT2D eigenvalue weighted by atomic mass is 79.9. The van der Waals surface area contributed by atoms with Crippen molar-refractivity contribution in [2.45, 2.75) is 31.7 Å². The number of hydrogen-bond donors (Lipinski definition) is 2. The summed E-state index contributed by atoms with van der Waals surface area (Å²) in [4.78, 5) is 27.4. The molecule has 4 aromatic rings. The molecule has 2 aliphatic heterocycles. The summed E-state index contributed by atoms with van der Waals surface area (Å²) in [5.74, 6) is 0.778. The highest BCUT2D eigenvalue weighted by Crippen LogP contribution is 2.50. The van der Waals surface area contributed by atoms with Gasteiger partial charge in [-0.1, -0.05) is 23.2 Å². The number of methoxy groups -OCH3 is 2. The molecule has 4 heterocycles. The number of ether oxygens (including phenoxy) is 2. The summed E-state index contributed by atoms with van der Waals surface area (Å²) in [5, 5.41) is 8.24. The molecular weight excluding hydrogens is 675 g/mol. The van der Waals surface area contributed by atoms with Crippen LogP contribution in [-0.2, 0) is 0 Å². The molecule has 226 valence electrons. The number of carbonyl (C=O) groups excluding carboxylic acids is 1. The van der Waals surface area contributed by atoms with Gasteiger partial charge in [-0.25, -0.2) is 9.97 Å². The van der Waals surface area contributed by atoms with Gasteiger partial charge in [0.05, 0.1) is 35.7 Å². The van der Waals surface area contributed by atoms with Crippen LogP contribution in [0.25, 0.3) is 10.2 Å². The number of nitrogens with zero attached hydrogens (tertiary/aromatic N) is 4. The predicted octanol–water partition coefficient (Wildman–Crippen LogP) is 7.84. The Bertz CT molecular complexity index is 1610. The van der Waals surface area contributed by atoms with Crippen LogP contribution in [0, 0.1) is 0 Å². The summed E-state index contributed by atoms with van der Waals surface area (Å²) in [6.45, 7) is 4.68. The first-order chi connectivity index (χ1) is 20.9. The van der Waals surface area contributed by atoms with E-state index in [2.05, 4.69) is 70.6 Å². The molecule has 2 aliphatic rings. The van der Waals surface area contributed by atoms with Gasteiger partial charge in [0.1, 0.15) is 20.8 Å². The molecule has 1 amide bonds.